The van der Waals surface area contributed by atoms with Gasteiger partial charge in [0.1, 0.15) is 11.6 Å². The first-order valence-electron chi connectivity index (χ1n) is 6.06. The zero-order valence-electron chi connectivity index (χ0n) is 10.8. The minimum atomic E-state index is -1.29. The molecular formula is C15H12FNO4. The Balaban J connectivity index is 2.27. The molecule has 0 bridgehead atoms. The molecular weight excluding hydrogens is 277 g/mol. The van der Waals surface area contributed by atoms with Crippen molar-refractivity contribution in [1.82, 2.24) is 5.32 Å². The van der Waals surface area contributed by atoms with Gasteiger partial charge < -0.3 is 15.5 Å². The number of aromatic hydroxyl groups is 1. The Morgan fingerprint density at radius 2 is 1.76 bits per heavy atom. The number of rotatable bonds is 4. The Morgan fingerprint density at radius 3 is 2.38 bits per heavy atom. The van der Waals surface area contributed by atoms with Crippen LogP contribution >= 0.6 is 0 Å². The van der Waals surface area contributed by atoms with Crippen molar-refractivity contribution in [3.8, 4) is 5.75 Å². The molecule has 1 atom stereocenters. The Kier molecular flexibility index (Phi) is 4.18. The maximum atomic E-state index is 13.1. The van der Waals surface area contributed by atoms with Crippen molar-refractivity contribution < 1.29 is 24.2 Å². The van der Waals surface area contributed by atoms with Crippen LogP contribution in [0.2, 0.25) is 0 Å². The summed E-state index contributed by atoms with van der Waals surface area (Å²) in [4.78, 5) is 23.3. The first kappa shape index (κ1) is 14.5. The Labute approximate surface area is 119 Å². The number of halogens is 1. The molecule has 6 heteroatoms. The van der Waals surface area contributed by atoms with Gasteiger partial charge in [-0.25, -0.2) is 9.18 Å². The number of carbonyl (C=O) groups excluding carboxylic acids is 1. The fraction of sp³-hybridized carbons (Fsp3) is 0.0667. The highest BCUT2D eigenvalue weighted by molar-refractivity contribution is 5.99. The molecule has 0 saturated heterocycles. The molecule has 0 spiro atoms. The molecule has 5 nitrogen and oxygen atoms in total. The Bertz CT molecular complexity index is 673. The summed E-state index contributed by atoms with van der Waals surface area (Å²) < 4.78 is 13.1. The molecule has 2 rings (SSSR count). The summed E-state index contributed by atoms with van der Waals surface area (Å²) in [5.74, 6) is -3.26. The largest absolute Gasteiger partial charge is 0.507 e. The van der Waals surface area contributed by atoms with E-state index >= 15 is 0 Å². The van der Waals surface area contributed by atoms with E-state index in [0.717, 1.165) is 18.2 Å². The molecule has 0 aromatic heterocycles. The van der Waals surface area contributed by atoms with Crippen LogP contribution in [0.25, 0.3) is 0 Å². The zero-order chi connectivity index (χ0) is 15.4. The average molecular weight is 289 g/mol. The van der Waals surface area contributed by atoms with Crippen LogP contribution in [0, 0.1) is 5.82 Å². The highest BCUT2D eigenvalue weighted by Gasteiger charge is 2.23. The number of nitrogens with one attached hydrogen (secondary N) is 1. The maximum Gasteiger partial charge on any atom is 0.330 e. The standard InChI is InChI=1S/C15H12FNO4/c16-10-6-7-12(18)11(8-10)14(19)17-13(15(20)21)9-4-2-1-3-5-9/h1-8,13,18H,(H,17,19)(H,20,21). The second-order valence-electron chi connectivity index (χ2n) is 4.32. The molecule has 0 aliphatic heterocycles. The summed E-state index contributed by atoms with van der Waals surface area (Å²) in [7, 11) is 0. The highest BCUT2D eigenvalue weighted by atomic mass is 19.1. The highest BCUT2D eigenvalue weighted by Crippen LogP contribution is 2.20. The van der Waals surface area contributed by atoms with E-state index in [1.54, 1.807) is 30.3 Å². The van der Waals surface area contributed by atoms with Crippen molar-refractivity contribution in [2.45, 2.75) is 6.04 Å². The lowest BCUT2D eigenvalue weighted by Gasteiger charge is -2.15. The van der Waals surface area contributed by atoms with Crippen molar-refractivity contribution >= 4 is 11.9 Å². The smallest absolute Gasteiger partial charge is 0.330 e. The van der Waals surface area contributed by atoms with Crippen LogP contribution in [0.4, 0.5) is 4.39 Å². The monoisotopic (exact) mass is 289 g/mol. The van der Waals surface area contributed by atoms with Gasteiger partial charge in [0, 0.05) is 0 Å². The van der Waals surface area contributed by atoms with E-state index in [-0.39, 0.29) is 5.56 Å². The van der Waals surface area contributed by atoms with Crippen molar-refractivity contribution in [1.29, 1.82) is 0 Å². The number of aliphatic carboxylic acids is 1. The summed E-state index contributed by atoms with van der Waals surface area (Å²) in [6.07, 6.45) is 0. The van der Waals surface area contributed by atoms with Gasteiger partial charge in [-0.15, -0.1) is 0 Å². The van der Waals surface area contributed by atoms with Gasteiger partial charge >= 0.3 is 5.97 Å². The quantitative estimate of drug-likeness (QED) is 0.804. The minimum Gasteiger partial charge on any atom is -0.507 e. The van der Waals surface area contributed by atoms with Crippen LogP contribution in [0.15, 0.2) is 48.5 Å². The van der Waals surface area contributed by atoms with E-state index < -0.39 is 29.5 Å². The lowest BCUT2D eigenvalue weighted by molar-refractivity contribution is -0.139. The fourth-order valence-electron chi connectivity index (χ4n) is 1.83. The van der Waals surface area contributed by atoms with Crippen LogP contribution in [-0.4, -0.2) is 22.1 Å². The van der Waals surface area contributed by atoms with E-state index in [0.29, 0.717) is 5.56 Å². The van der Waals surface area contributed by atoms with E-state index in [4.69, 9.17) is 0 Å². The van der Waals surface area contributed by atoms with Crippen LogP contribution < -0.4 is 5.32 Å². The van der Waals surface area contributed by atoms with Gasteiger partial charge in [-0.2, -0.15) is 0 Å². The molecule has 0 heterocycles. The summed E-state index contributed by atoms with van der Waals surface area (Å²) >= 11 is 0. The molecule has 1 unspecified atom stereocenters. The number of amides is 1. The van der Waals surface area contributed by atoms with E-state index in [9.17, 15) is 24.2 Å². The van der Waals surface area contributed by atoms with Crippen LogP contribution in [0.5, 0.6) is 5.75 Å². The molecule has 3 N–H and O–H groups in total. The Morgan fingerprint density at radius 1 is 1.10 bits per heavy atom. The molecule has 0 aliphatic carbocycles. The van der Waals surface area contributed by atoms with Gasteiger partial charge in [0.25, 0.3) is 5.91 Å². The number of phenolic OH excluding ortho intramolecular Hbond substituents is 1. The molecule has 0 aliphatic rings. The van der Waals surface area contributed by atoms with Gasteiger partial charge in [-0.3, -0.25) is 4.79 Å². The van der Waals surface area contributed by atoms with E-state index in [1.807, 2.05) is 0 Å². The number of benzene rings is 2. The SMILES string of the molecule is O=C(NC(C(=O)O)c1ccccc1)c1cc(F)ccc1O. The average Bonchev–Trinajstić information content (AvgIpc) is 2.47. The third kappa shape index (κ3) is 3.36. The predicted molar refractivity (Wildman–Crippen MR) is 72.3 cm³/mol. The van der Waals surface area contributed by atoms with E-state index in [2.05, 4.69) is 5.32 Å². The minimum absolute atomic E-state index is 0.322. The zero-order valence-corrected chi connectivity index (χ0v) is 10.8. The normalized spacial score (nSPS) is 11.7. The molecule has 0 radical (unpaired) electrons. The number of phenols is 1. The third-order valence-corrected chi connectivity index (χ3v) is 2.86. The van der Waals surface area contributed by atoms with Crippen molar-refractivity contribution in [3.05, 3.63) is 65.5 Å². The van der Waals surface area contributed by atoms with Gasteiger partial charge in [0.2, 0.25) is 0 Å². The first-order chi connectivity index (χ1) is 9.99. The number of hydrogen-bond donors (Lipinski definition) is 3. The van der Waals surface area contributed by atoms with Crippen LogP contribution in [0.1, 0.15) is 22.0 Å². The molecule has 21 heavy (non-hydrogen) atoms. The predicted octanol–water partition coefficient (Wildman–Crippen LogP) is 2.09. The van der Waals surface area contributed by atoms with Crippen molar-refractivity contribution in [2.75, 3.05) is 0 Å². The molecule has 108 valence electrons. The van der Waals surface area contributed by atoms with Gasteiger partial charge in [-0.1, -0.05) is 30.3 Å². The molecule has 2 aromatic carbocycles. The third-order valence-electron chi connectivity index (χ3n) is 2.86. The maximum absolute atomic E-state index is 13.1. The lowest BCUT2D eigenvalue weighted by atomic mass is 10.1. The Hall–Kier alpha value is -2.89. The molecule has 2 aromatic rings. The van der Waals surface area contributed by atoms with Crippen molar-refractivity contribution in [3.63, 3.8) is 0 Å². The van der Waals surface area contributed by atoms with Gasteiger partial charge in [-0.05, 0) is 23.8 Å². The second-order valence-corrected chi connectivity index (χ2v) is 4.32. The summed E-state index contributed by atoms with van der Waals surface area (Å²) in [6.45, 7) is 0. The molecule has 1 amide bonds. The number of carbonyl (C=O) groups is 2. The number of carboxylic acid groups (broad SMARTS) is 1. The van der Waals surface area contributed by atoms with Crippen LogP contribution in [0.3, 0.4) is 0 Å². The second kappa shape index (κ2) is 6.04. The molecule has 0 fully saturated rings. The summed E-state index contributed by atoms with van der Waals surface area (Å²) in [5.41, 5.74) is 0.0476. The van der Waals surface area contributed by atoms with Crippen molar-refractivity contribution in [2.24, 2.45) is 0 Å². The van der Waals surface area contributed by atoms with Gasteiger partial charge in [0.15, 0.2) is 6.04 Å². The fourth-order valence-corrected chi connectivity index (χ4v) is 1.83. The topological polar surface area (TPSA) is 86.6 Å². The first-order valence-corrected chi connectivity index (χ1v) is 6.06. The summed E-state index contributed by atoms with van der Waals surface area (Å²) in [5, 5.41) is 21.0. The molecule has 0 saturated carbocycles. The number of hydrogen-bond acceptors (Lipinski definition) is 3. The van der Waals surface area contributed by atoms with Gasteiger partial charge in [0.05, 0.1) is 5.56 Å². The summed E-state index contributed by atoms with van der Waals surface area (Å²) in [6, 6.07) is 9.65. The van der Waals surface area contributed by atoms with Crippen LogP contribution in [-0.2, 0) is 4.79 Å². The van der Waals surface area contributed by atoms with E-state index in [1.165, 1.54) is 0 Å². The lowest BCUT2D eigenvalue weighted by Crippen LogP contribution is -2.33. The number of carboxylic acids is 1.